The lowest BCUT2D eigenvalue weighted by molar-refractivity contribution is -0.120. The van der Waals surface area contributed by atoms with Crippen molar-refractivity contribution in [2.75, 3.05) is 19.7 Å². The molecule has 6 nitrogen and oxygen atoms in total. The summed E-state index contributed by atoms with van der Waals surface area (Å²) in [4.78, 5) is 0.364. The van der Waals surface area contributed by atoms with Crippen molar-refractivity contribution in [1.82, 2.24) is 14.1 Å². The van der Waals surface area contributed by atoms with Gasteiger partial charge in [-0.3, -0.25) is 4.68 Å². The second-order valence-corrected chi connectivity index (χ2v) is 11.0. The molecule has 2 saturated heterocycles. The third-order valence-electron chi connectivity index (χ3n) is 6.91. The summed E-state index contributed by atoms with van der Waals surface area (Å²) < 4.78 is 36.1. The van der Waals surface area contributed by atoms with Crippen molar-refractivity contribution in [1.29, 1.82) is 0 Å². The van der Waals surface area contributed by atoms with Gasteiger partial charge in [-0.25, -0.2) is 8.42 Å². The van der Waals surface area contributed by atoms with Gasteiger partial charge >= 0.3 is 0 Å². The first-order chi connectivity index (χ1) is 14.2. The lowest BCUT2D eigenvalue weighted by atomic mass is 9.78. The average Bonchev–Trinajstić information content (AvgIpc) is 2.96. The van der Waals surface area contributed by atoms with Gasteiger partial charge in [0.15, 0.2) is 0 Å². The predicted molar refractivity (Wildman–Crippen MR) is 117 cm³/mol. The van der Waals surface area contributed by atoms with E-state index in [4.69, 9.17) is 4.74 Å². The van der Waals surface area contributed by atoms with Gasteiger partial charge in [0, 0.05) is 26.7 Å². The third-order valence-corrected chi connectivity index (χ3v) is 9.07. The number of hydrogen-bond acceptors (Lipinski definition) is 4. The van der Waals surface area contributed by atoms with E-state index in [1.54, 1.807) is 23.0 Å². The first-order valence-corrected chi connectivity index (χ1v) is 12.3. The zero-order valence-electron chi connectivity index (χ0n) is 18.5. The Labute approximate surface area is 180 Å². The number of aromatic nitrogens is 2. The van der Waals surface area contributed by atoms with E-state index in [0.717, 1.165) is 38.7 Å². The molecule has 3 heterocycles. The number of ether oxygens (including phenoxy) is 1. The Morgan fingerprint density at radius 1 is 1.13 bits per heavy atom. The molecule has 1 aromatic carbocycles. The van der Waals surface area contributed by atoms with Crippen LogP contribution in [0, 0.1) is 26.7 Å². The van der Waals surface area contributed by atoms with E-state index < -0.39 is 10.0 Å². The topological polar surface area (TPSA) is 64.4 Å². The zero-order valence-corrected chi connectivity index (χ0v) is 19.3. The average molecular weight is 432 g/mol. The molecule has 7 heteroatoms. The Kier molecular flexibility index (Phi) is 5.81. The highest BCUT2D eigenvalue weighted by Gasteiger charge is 2.43. The molecular formula is C23H33N3O3S. The van der Waals surface area contributed by atoms with E-state index in [-0.39, 0.29) is 5.60 Å². The molecule has 0 radical (unpaired) electrons. The molecule has 2 aromatic rings. The van der Waals surface area contributed by atoms with Gasteiger partial charge in [0.25, 0.3) is 0 Å². The Morgan fingerprint density at radius 2 is 1.80 bits per heavy atom. The minimum absolute atomic E-state index is 0.182. The van der Waals surface area contributed by atoms with Crippen molar-refractivity contribution < 1.29 is 13.2 Å². The number of piperidine rings is 1. The predicted octanol–water partition coefficient (Wildman–Crippen LogP) is 3.54. The van der Waals surface area contributed by atoms with Gasteiger partial charge in [-0.15, -0.1) is 0 Å². The molecule has 164 valence electrons. The second kappa shape index (κ2) is 8.09. The van der Waals surface area contributed by atoms with Gasteiger partial charge in [0.1, 0.15) is 4.90 Å². The molecule has 30 heavy (non-hydrogen) atoms. The van der Waals surface area contributed by atoms with Crippen LogP contribution in [-0.2, 0) is 28.2 Å². The summed E-state index contributed by atoms with van der Waals surface area (Å²) in [5, 5.41) is 4.30. The first-order valence-electron chi connectivity index (χ1n) is 10.9. The molecule has 0 bridgehead atoms. The third kappa shape index (κ3) is 4.07. The Morgan fingerprint density at radius 3 is 2.40 bits per heavy atom. The van der Waals surface area contributed by atoms with E-state index in [1.807, 2.05) is 6.92 Å². The molecule has 2 fully saturated rings. The SMILES string of the molecule is Cc1ccc(C[C@H]2CCOC3(CCN(S(=O)(=O)c4c(C)nn(C)c4C)CC3)C2)cc1. The molecule has 1 aromatic heterocycles. The largest absolute Gasteiger partial charge is 0.375 e. The summed E-state index contributed by atoms with van der Waals surface area (Å²) in [5.41, 5.74) is 3.75. The van der Waals surface area contributed by atoms with Gasteiger partial charge in [-0.2, -0.15) is 9.40 Å². The minimum atomic E-state index is -3.53. The Hall–Kier alpha value is -1.70. The van der Waals surface area contributed by atoms with Gasteiger partial charge in [0.05, 0.1) is 17.0 Å². The Bertz CT molecular complexity index is 1000. The highest BCUT2D eigenvalue weighted by Crippen LogP contribution is 2.40. The van der Waals surface area contributed by atoms with Crippen LogP contribution in [0.2, 0.25) is 0 Å². The summed E-state index contributed by atoms with van der Waals surface area (Å²) >= 11 is 0. The highest BCUT2D eigenvalue weighted by atomic mass is 32.2. The maximum atomic E-state index is 13.3. The van der Waals surface area contributed by atoms with Crippen molar-refractivity contribution in [3.05, 3.63) is 46.8 Å². The van der Waals surface area contributed by atoms with Gasteiger partial charge in [0.2, 0.25) is 10.0 Å². The fraction of sp³-hybridized carbons (Fsp3) is 0.609. The van der Waals surface area contributed by atoms with Crippen molar-refractivity contribution in [2.24, 2.45) is 13.0 Å². The number of aryl methyl sites for hydroxylation is 3. The van der Waals surface area contributed by atoms with Crippen LogP contribution >= 0.6 is 0 Å². The maximum Gasteiger partial charge on any atom is 0.246 e. The van der Waals surface area contributed by atoms with Crippen LogP contribution in [0.15, 0.2) is 29.2 Å². The van der Waals surface area contributed by atoms with Gasteiger partial charge in [-0.05, 0) is 64.4 Å². The van der Waals surface area contributed by atoms with Crippen LogP contribution in [0.4, 0.5) is 0 Å². The lowest BCUT2D eigenvalue weighted by Crippen LogP contribution is -2.51. The van der Waals surface area contributed by atoms with E-state index in [9.17, 15) is 8.42 Å². The van der Waals surface area contributed by atoms with Crippen molar-refractivity contribution in [3.8, 4) is 0 Å². The van der Waals surface area contributed by atoms with Crippen LogP contribution in [0.1, 0.15) is 48.2 Å². The number of rotatable bonds is 4. The molecule has 1 atom stereocenters. The van der Waals surface area contributed by atoms with Gasteiger partial charge < -0.3 is 4.74 Å². The van der Waals surface area contributed by atoms with Crippen molar-refractivity contribution in [2.45, 2.75) is 63.4 Å². The summed E-state index contributed by atoms with van der Waals surface area (Å²) in [6, 6.07) is 8.81. The molecule has 4 rings (SSSR count). The van der Waals surface area contributed by atoms with Crippen molar-refractivity contribution >= 4 is 10.0 Å². The number of benzene rings is 1. The van der Waals surface area contributed by atoms with Crippen LogP contribution < -0.4 is 0 Å². The second-order valence-electron chi connectivity index (χ2n) is 9.11. The molecule has 0 saturated carbocycles. The van der Waals surface area contributed by atoms with E-state index in [0.29, 0.717) is 35.3 Å². The quantitative estimate of drug-likeness (QED) is 0.743. The molecular weight excluding hydrogens is 398 g/mol. The van der Waals surface area contributed by atoms with Crippen LogP contribution in [-0.4, -0.2) is 47.8 Å². The van der Waals surface area contributed by atoms with Crippen molar-refractivity contribution in [3.63, 3.8) is 0 Å². The van der Waals surface area contributed by atoms with Crippen LogP contribution in [0.25, 0.3) is 0 Å². The van der Waals surface area contributed by atoms with Gasteiger partial charge in [-0.1, -0.05) is 29.8 Å². The van der Waals surface area contributed by atoms with E-state index in [1.165, 1.54) is 11.1 Å². The zero-order chi connectivity index (χ0) is 21.5. The van der Waals surface area contributed by atoms with Crippen LogP contribution in [0.3, 0.4) is 0 Å². The molecule has 2 aliphatic rings. The van der Waals surface area contributed by atoms with E-state index >= 15 is 0 Å². The summed E-state index contributed by atoms with van der Waals surface area (Å²) in [6.45, 7) is 7.48. The van der Waals surface area contributed by atoms with Crippen LogP contribution in [0.5, 0.6) is 0 Å². The fourth-order valence-electron chi connectivity index (χ4n) is 5.10. The normalized spacial score (nSPS) is 22.5. The maximum absolute atomic E-state index is 13.3. The minimum Gasteiger partial charge on any atom is -0.375 e. The number of sulfonamides is 1. The van der Waals surface area contributed by atoms with E-state index in [2.05, 4.69) is 36.3 Å². The highest BCUT2D eigenvalue weighted by molar-refractivity contribution is 7.89. The number of nitrogens with zero attached hydrogens (tertiary/aromatic N) is 3. The smallest absolute Gasteiger partial charge is 0.246 e. The standard InChI is InChI=1S/C23H33N3O3S/c1-17-5-7-20(8-6-17)15-21-9-14-29-23(16-21)10-12-26(13-11-23)30(27,28)22-18(2)24-25(4)19(22)3/h5-8,21H,9-16H2,1-4H3/t21-/m1/s1. The summed E-state index contributed by atoms with van der Waals surface area (Å²) in [6.07, 6.45) is 4.68. The fourth-order valence-corrected chi connectivity index (χ4v) is 6.94. The monoisotopic (exact) mass is 431 g/mol. The molecule has 2 aliphatic heterocycles. The lowest BCUT2D eigenvalue weighted by Gasteiger charge is -2.46. The molecule has 1 spiro atoms. The molecule has 0 unspecified atom stereocenters. The molecule has 0 N–H and O–H groups in total. The summed E-state index contributed by atoms with van der Waals surface area (Å²) in [5.74, 6) is 0.590. The Balaban J connectivity index is 1.43. The molecule has 0 aliphatic carbocycles. The first kappa shape index (κ1) is 21.5. The molecule has 0 amide bonds. The number of hydrogen-bond donors (Lipinski definition) is 0. The summed E-state index contributed by atoms with van der Waals surface area (Å²) in [7, 11) is -1.74.